The minimum atomic E-state index is -0.907. The molecule has 0 aliphatic carbocycles. The van der Waals surface area contributed by atoms with Gasteiger partial charge in [-0.25, -0.2) is 8.78 Å². The molecule has 0 N–H and O–H groups in total. The van der Waals surface area contributed by atoms with E-state index in [0.717, 1.165) is 40.0 Å². The summed E-state index contributed by atoms with van der Waals surface area (Å²) in [6.07, 6.45) is 3.87. The summed E-state index contributed by atoms with van der Waals surface area (Å²) >= 11 is 0. The van der Waals surface area contributed by atoms with Gasteiger partial charge in [-0.1, -0.05) is 43.3 Å². The lowest BCUT2D eigenvalue weighted by atomic mass is 9.96. The number of carbonyl (C=O) groups is 1. The third-order valence-corrected chi connectivity index (χ3v) is 5.93. The summed E-state index contributed by atoms with van der Waals surface area (Å²) in [6.45, 7) is 4.62. The van der Waals surface area contributed by atoms with Crippen molar-refractivity contribution < 1.29 is 18.4 Å². The Bertz CT molecular complexity index is 1380. The smallest absolute Gasteiger partial charge is 0.165 e. The van der Waals surface area contributed by atoms with E-state index in [1.807, 2.05) is 36.4 Å². The predicted octanol–water partition coefficient (Wildman–Crippen LogP) is 6.28. The fourth-order valence-electron chi connectivity index (χ4n) is 4.38. The number of oxime groups is 1. The highest BCUT2D eigenvalue weighted by Gasteiger charge is 2.25. The summed E-state index contributed by atoms with van der Waals surface area (Å²) < 4.78 is 29.1. The molecule has 0 saturated heterocycles. The molecule has 7 heteroatoms. The van der Waals surface area contributed by atoms with Crippen molar-refractivity contribution in [3.63, 3.8) is 0 Å². The Morgan fingerprint density at radius 1 is 1.11 bits per heavy atom. The number of nitrogens with zero attached hydrogens (tertiary/aromatic N) is 3. The first-order valence-electron chi connectivity index (χ1n) is 11.5. The average Bonchev–Trinajstić information content (AvgIpc) is 3.17. The van der Waals surface area contributed by atoms with Gasteiger partial charge in [0, 0.05) is 34.8 Å². The Labute approximate surface area is 203 Å². The third-order valence-electron chi connectivity index (χ3n) is 5.93. The van der Waals surface area contributed by atoms with Crippen molar-refractivity contribution >= 4 is 22.9 Å². The van der Waals surface area contributed by atoms with Gasteiger partial charge in [-0.15, -0.1) is 0 Å². The van der Waals surface area contributed by atoms with E-state index in [0.29, 0.717) is 24.1 Å². The van der Waals surface area contributed by atoms with Crippen LogP contribution in [0.4, 0.5) is 8.78 Å². The van der Waals surface area contributed by atoms with Crippen LogP contribution >= 0.6 is 0 Å². The number of rotatable bonds is 9. The quantitative estimate of drug-likeness (QED) is 0.163. The summed E-state index contributed by atoms with van der Waals surface area (Å²) in [4.78, 5) is 22.9. The molecule has 0 aliphatic heterocycles. The first-order valence-corrected chi connectivity index (χ1v) is 11.5. The van der Waals surface area contributed by atoms with Gasteiger partial charge in [0.05, 0.1) is 18.5 Å². The number of halogens is 2. The Hall–Kier alpha value is -3.87. The largest absolute Gasteiger partial charge is 0.399 e. The van der Waals surface area contributed by atoms with Crippen LogP contribution in [0.25, 0.3) is 10.9 Å². The molecule has 0 fully saturated rings. The van der Waals surface area contributed by atoms with E-state index < -0.39 is 11.6 Å². The van der Waals surface area contributed by atoms with Gasteiger partial charge in [0.1, 0.15) is 7.11 Å². The van der Waals surface area contributed by atoms with Crippen LogP contribution in [0.15, 0.2) is 65.9 Å². The molecule has 0 amide bonds. The summed E-state index contributed by atoms with van der Waals surface area (Å²) in [5.74, 6) is -1.78. The molecule has 0 spiro atoms. The third kappa shape index (κ3) is 5.29. The maximum absolute atomic E-state index is 13.7. The van der Waals surface area contributed by atoms with Crippen molar-refractivity contribution in [2.24, 2.45) is 5.16 Å². The molecule has 2 aromatic heterocycles. The standard InChI is InChI=1S/C28H27F2N3O2/c1-18(2)28-27(26(34)12-9-19-8-11-23(29)24(30)14-19)22-10-7-20(16-32-35-3)15-25(22)33(28)17-21-6-4-5-13-31-21/h4-8,10-11,13-16,18H,9,12,17H2,1-3H3/b32-16-. The summed E-state index contributed by atoms with van der Waals surface area (Å²) in [7, 11) is 1.49. The Balaban J connectivity index is 1.79. The SMILES string of the molecule is CO/N=C\c1ccc2c(C(=O)CCc3ccc(F)c(F)c3)c(C(C)C)n(Cc3ccccn3)c2c1. The first-order chi connectivity index (χ1) is 16.9. The van der Waals surface area contributed by atoms with Crippen molar-refractivity contribution in [2.75, 3.05) is 7.11 Å². The molecule has 0 unspecified atom stereocenters. The van der Waals surface area contributed by atoms with Gasteiger partial charge in [-0.3, -0.25) is 9.78 Å². The van der Waals surface area contributed by atoms with E-state index in [1.54, 1.807) is 12.4 Å². The molecule has 0 atom stereocenters. The number of pyridine rings is 1. The molecule has 35 heavy (non-hydrogen) atoms. The molecule has 5 nitrogen and oxygen atoms in total. The zero-order valence-electron chi connectivity index (χ0n) is 20.0. The first kappa shape index (κ1) is 24.3. The summed E-state index contributed by atoms with van der Waals surface area (Å²) in [6, 6.07) is 15.3. The Kier molecular flexibility index (Phi) is 7.34. The minimum Gasteiger partial charge on any atom is -0.399 e. The van der Waals surface area contributed by atoms with E-state index in [1.165, 1.54) is 13.2 Å². The second-order valence-corrected chi connectivity index (χ2v) is 8.69. The highest BCUT2D eigenvalue weighted by atomic mass is 19.2. The molecule has 0 bridgehead atoms. The summed E-state index contributed by atoms with van der Waals surface area (Å²) in [5.41, 5.74) is 4.78. The highest BCUT2D eigenvalue weighted by Crippen LogP contribution is 2.34. The van der Waals surface area contributed by atoms with Crippen molar-refractivity contribution in [2.45, 2.75) is 39.2 Å². The van der Waals surface area contributed by atoms with Gasteiger partial charge in [0.15, 0.2) is 17.4 Å². The number of benzene rings is 2. The number of hydrogen-bond acceptors (Lipinski definition) is 4. The van der Waals surface area contributed by atoms with Crippen molar-refractivity contribution in [3.8, 4) is 0 Å². The number of ketones is 1. The van der Waals surface area contributed by atoms with Crippen molar-refractivity contribution in [3.05, 3.63) is 101 Å². The van der Waals surface area contributed by atoms with E-state index in [4.69, 9.17) is 4.84 Å². The second-order valence-electron chi connectivity index (χ2n) is 8.69. The number of carbonyl (C=O) groups excluding carboxylic acids is 1. The van der Waals surface area contributed by atoms with Crippen LogP contribution in [0.3, 0.4) is 0 Å². The molecular weight excluding hydrogens is 448 g/mol. The molecule has 4 rings (SSSR count). The lowest BCUT2D eigenvalue weighted by Crippen LogP contribution is -2.11. The van der Waals surface area contributed by atoms with Crippen molar-refractivity contribution in [1.82, 2.24) is 9.55 Å². The lowest BCUT2D eigenvalue weighted by molar-refractivity contribution is 0.0983. The van der Waals surface area contributed by atoms with Crippen LogP contribution in [0, 0.1) is 11.6 Å². The molecule has 0 saturated carbocycles. The van der Waals surface area contributed by atoms with Crippen molar-refractivity contribution in [1.29, 1.82) is 0 Å². The fourth-order valence-corrected chi connectivity index (χ4v) is 4.38. The average molecular weight is 476 g/mol. The van der Waals surface area contributed by atoms with Gasteiger partial charge in [-0.2, -0.15) is 0 Å². The monoisotopic (exact) mass is 475 g/mol. The second kappa shape index (κ2) is 10.6. The number of aryl methyl sites for hydroxylation is 1. The number of Topliss-reactive ketones (excluding diaryl/α,β-unsaturated/α-hetero) is 1. The molecule has 0 aliphatic rings. The van der Waals surface area contributed by atoms with Gasteiger partial charge in [0.2, 0.25) is 0 Å². The van der Waals surface area contributed by atoms with Crippen LogP contribution in [0.1, 0.15) is 59.1 Å². The maximum atomic E-state index is 13.7. The van der Waals surface area contributed by atoms with Crippen LogP contribution in [-0.4, -0.2) is 28.7 Å². The maximum Gasteiger partial charge on any atom is 0.165 e. The zero-order chi connectivity index (χ0) is 24.9. The van der Waals surface area contributed by atoms with E-state index in [2.05, 4.69) is 28.6 Å². The molecule has 2 heterocycles. The molecule has 2 aromatic carbocycles. The fraction of sp³-hybridized carbons (Fsp3) is 0.250. The number of hydrogen-bond donors (Lipinski definition) is 0. The predicted molar refractivity (Wildman–Crippen MR) is 133 cm³/mol. The number of aromatic nitrogens is 2. The molecule has 4 aromatic rings. The lowest BCUT2D eigenvalue weighted by Gasteiger charge is -2.15. The molecule has 180 valence electrons. The summed E-state index contributed by atoms with van der Waals surface area (Å²) in [5, 5.41) is 4.71. The van der Waals surface area contributed by atoms with E-state index >= 15 is 0 Å². The topological polar surface area (TPSA) is 56.5 Å². The van der Waals surface area contributed by atoms with Crippen LogP contribution in [0.2, 0.25) is 0 Å². The van der Waals surface area contributed by atoms with Crippen LogP contribution in [0.5, 0.6) is 0 Å². The molecule has 0 radical (unpaired) electrons. The van der Waals surface area contributed by atoms with Crippen LogP contribution in [-0.2, 0) is 17.8 Å². The van der Waals surface area contributed by atoms with Gasteiger partial charge in [0.25, 0.3) is 0 Å². The zero-order valence-corrected chi connectivity index (χ0v) is 20.0. The molecular formula is C28H27F2N3O2. The Morgan fingerprint density at radius 2 is 1.94 bits per heavy atom. The van der Waals surface area contributed by atoms with Gasteiger partial charge < -0.3 is 9.40 Å². The van der Waals surface area contributed by atoms with E-state index in [-0.39, 0.29) is 18.1 Å². The Morgan fingerprint density at radius 3 is 2.63 bits per heavy atom. The van der Waals surface area contributed by atoms with Gasteiger partial charge in [-0.05, 0) is 53.8 Å². The van der Waals surface area contributed by atoms with Gasteiger partial charge >= 0.3 is 0 Å². The van der Waals surface area contributed by atoms with E-state index in [9.17, 15) is 13.6 Å². The number of fused-ring (bicyclic) bond motifs is 1. The van der Waals surface area contributed by atoms with Crippen LogP contribution < -0.4 is 0 Å². The highest BCUT2D eigenvalue weighted by molar-refractivity contribution is 6.10. The normalized spacial score (nSPS) is 11.6. The minimum absolute atomic E-state index is 0.0403.